The largest absolute Gasteiger partial charge is 0.462 e. The van der Waals surface area contributed by atoms with E-state index in [2.05, 4.69) is 15.3 Å². The minimum atomic E-state index is -0.830. The Morgan fingerprint density at radius 2 is 1.91 bits per heavy atom. The first-order chi connectivity index (χ1) is 16.3. The summed E-state index contributed by atoms with van der Waals surface area (Å²) in [5.41, 5.74) is 5.41. The van der Waals surface area contributed by atoms with Gasteiger partial charge in [0.15, 0.2) is 12.4 Å². The fraction of sp³-hybridized carbons (Fsp3) is 0.545. The predicted octanol–water partition coefficient (Wildman–Crippen LogP) is 1.98. The van der Waals surface area contributed by atoms with Crippen LogP contribution in [0.15, 0.2) is 4.42 Å². The molecule has 0 radical (unpaired) electrons. The Hall–Kier alpha value is -3.70. The van der Waals surface area contributed by atoms with Crippen molar-refractivity contribution in [1.82, 2.24) is 20.2 Å². The molecule has 2 aliphatic rings. The van der Waals surface area contributed by atoms with Crippen molar-refractivity contribution >= 4 is 40.8 Å². The molecule has 3 heterocycles. The average molecular weight is 473 g/mol. The van der Waals surface area contributed by atoms with Crippen molar-refractivity contribution in [2.45, 2.75) is 64.5 Å². The topological polar surface area (TPSA) is 167 Å². The number of hydrogen-bond acceptors (Lipinski definition) is 10. The van der Waals surface area contributed by atoms with Gasteiger partial charge in [0.25, 0.3) is 5.91 Å². The van der Waals surface area contributed by atoms with Crippen LogP contribution in [0, 0.1) is 6.92 Å². The van der Waals surface area contributed by atoms with Crippen LogP contribution in [0.2, 0.25) is 0 Å². The number of nitrogens with two attached hydrogens (primary N) is 1. The van der Waals surface area contributed by atoms with E-state index in [0.29, 0.717) is 12.8 Å². The van der Waals surface area contributed by atoms with Crippen molar-refractivity contribution in [2.24, 2.45) is 0 Å². The number of hydrogen-bond donors (Lipinski definition) is 2. The Bertz CT molecular complexity index is 1150. The zero-order valence-electron chi connectivity index (χ0n) is 19.1. The molecule has 0 unspecified atom stereocenters. The molecule has 12 nitrogen and oxygen atoms in total. The molecule has 2 aromatic rings. The van der Waals surface area contributed by atoms with Crippen LogP contribution in [0.3, 0.4) is 0 Å². The molecule has 0 bridgehead atoms. The van der Waals surface area contributed by atoms with E-state index in [0.717, 1.165) is 24.2 Å². The maximum absolute atomic E-state index is 12.8. The fourth-order valence-corrected chi connectivity index (χ4v) is 4.49. The fourth-order valence-electron chi connectivity index (χ4n) is 4.49. The van der Waals surface area contributed by atoms with E-state index in [-0.39, 0.29) is 66.2 Å². The zero-order chi connectivity index (χ0) is 24.5. The number of urea groups is 1. The first kappa shape index (κ1) is 23.5. The van der Waals surface area contributed by atoms with Crippen LogP contribution in [-0.2, 0) is 25.7 Å². The molecule has 4 rings (SSSR count). The molecule has 0 aromatic carbocycles. The quantitative estimate of drug-likeness (QED) is 0.448. The number of imide groups is 1. The van der Waals surface area contributed by atoms with Crippen molar-refractivity contribution < 1.29 is 33.1 Å². The lowest BCUT2D eigenvalue weighted by atomic mass is 9.82. The van der Waals surface area contributed by atoms with Gasteiger partial charge in [-0.15, -0.1) is 0 Å². The number of furan rings is 1. The number of ether oxygens (including phenoxy) is 2. The summed E-state index contributed by atoms with van der Waals surface area (Å²) in [7, 11) is 0. The van der Waals surface area contributed by atoms with Gasteiger partial charge in [-0.05, 0) is 26.7 Å². The Balaban J connectivity index is 1.37. The highest BCUT2D eigenvalue weighted by molar-refractivity contribution is 6.08. The molecule has 1 saturated carbocycles. The molecule has 12 heteroatoms. The van der Waals surface area contributed by atoms with Crippen LogP contribution in [0.25, 0.3) is 11.1 Å². The van der Waals surface area contributed by atoms with Crippen LogP contribution >= 0.6 is 0 Å². The van der Waals surface area contributed by atoms with E-state index in [4.69, 9.17) is 19.6 Å². The minimum absolute atomic E-state index is 0.00642. The predicted molar refractivity (Wildman–Crippen MR) is 117 cm³/mol. The lowest BCUT2D eigenvalue weighted by Gasteiger charge is -2.30. The lowest BCUT2D eigenvalue weighted by molar-refractivity contribution is -0.145. The van der Waals surface area contributed by atoms with E-state index in [1.54, 1.807) is 13.8 Å². The van der Waals surface area contributed by atoms with Crippen LogP contribution in [0.1, 0.15) is 67.4 Å². The standard InChI is InChI=1S/C22H27N5O7/c1-3-32-19(29)15-12(2)34-18-16(15)17(23)24-13(25-18)11-33-14(28)7-10-27-20(30)22(26-21(27)31)8-5-4-6-9-22/h3-11H2,1-2H3,(H,26,31)(H2,23,24,25). The SMILES string of the molecule is CCOC(=O)c1c(C)oc2nc(COC(=O)CCN3C(=O)NC4(CCCCC4)C3=O)nc(N)c12. The molecular formula is C22H27N5O7. The molecule has 1 aliphatic carbocycles. The van der Waals surface area contributed by atoms with Crippen molar-refractivity contribution in [2.75, 3.05) is 18.9 Å². The first-order valence-corrected chi connectivity index (χ1v) is 11.3. The van der Waals surface area contributed by atoms with E-state index >= 15 is 0 Å². The highest BCUT2D eigenvalue weighted by atomic mass is 16.5. The molecule has 3 amide bonds. The second-order valence-electron chi connectivity index (χ2n) is 8.40. The van der Waals surface area contributed by atoms with E-state index in [1.165, 1.54) is 0 Å². The first-order valence-electron chi connectivity index (χ1n) is 11.3. The summed E-state index contributed by atoms with van der Waals surface area (Å²) >= 11 is 0. The van der Waals surface area contributed by atoms with Gasteiger partial charge in [-0.25, -0.2) is 14.6 Å². The Kier molecular flexibility index (Phi) is 6.40. The van der Waals surface area contributed by atoms with Gasteiger partial charge in [0.05, 0.1) is 18.4 Å². The zero-order valence-corrected chi connectivity index (χ0v) is 19.1. The molecule has 2 aromatic heterocycles. The molecule has 1 saturated heterocycles. The number of nitrogens with one attached hydrogen (secondary N) is 1. The number of nitrogens with zero attached hydrogens (tertiary/aromatic N) is 3. The maximum atomic E-state index is 12.8. The monoisotopic (exact) mass is 473 g/mol. The number of amides is 3. The molecule has 1 spiro atoms. The number of aryl methyl sites for hydroxylation is 1. The van der Waals surface area contributed by atoms with E-state index in [1.807, 2.05) is 0 Å². The number of fused-ring (bicyclic) bond motifs is 1. The molecule has 34 heavy (non-hydrogen) atoms. The number of aromatic nitrogens is 2. The maximum Gasteiger partial charge on any atom is 0.342 e. The summed E-state index contributed by atoms with van der Waals surface area (Å²) in [6, 6.07) is -0.480. The number of carbonyl (C=O) groups is 4. The summed E-state index contributed by atoms with van der Waals surface area (Å²) in [6.45, 7) is 3.08. The second-order valence-corrected chi connectivity index (χ2v) is 8.40. The second kappa shape index (κ2) is 9.27. The summed E-state index contributed by atoms with van der Waals surface area (Å²) < 4.78 is 15.8. The van der Waals surface area contributed by atoms with Gasteiger partial charge in [-0.2, -0.15) is 4.98 Å². The lowest BCUT2D eigenvalue weighted by Crippen LogP contribution is -2.48. The molecule has 1 aliphatic heterocycles. The summed E-state index contributed by atoms with van der Waals surface area (Å²) in [5, 5.41) is 3.04. The van der Waals surface area contributed by atoms with Crippen LogP contribution in [-0.4, -0.2) is 57.4 Å². The number of rotatable bonds is 7. The van der Waals surface area contributed by atoms with Gasteiger partial charge in [0.2, 0.25) is 5.71 Å². The van der Waals surface area contributed by atoms with E-state index in [9.17, 15) is 19.2 Å². The summed E-state index contributed by atoms with van der Waals surface area (Å²) in [6.07, 6.45) is 3.86. The van der Waals surface area contributed by atoms with Crippen molar-refractivity contribution in [3.8, 4) is 0 Å². The van der Waals surface area contributed by atoms with Gasteiger partial charge in [-0.1, -0.05) is 19.3 Å². The molecule has 2 fully saturated rings. The smallest absolute Gasteiger partial charge is 0.342 e. The minimum Gasteiger partial charge on any atom is -0.462 e. The van der Waals surface area contributed by atoms with Crippen LogP contribution in [0.5, 0.6) is 0 Å². The van der Waals surface area contributed by atoms with E-state index < -0.39 is 23.5 Å². The third kappa shape index (κ3) is 4.27. The molecule has 3 N–H and O–H groups in total. The van der Waals surface area contributed by atoms with Crippen LogP contribution in [0.4, 0.5) is 10.6 Å². The third-order valence-corrected chi connectivity index (χ3v) is 6.14. The normalized spacial score (nSPS) is 17.3. The van der Waals surface area contributed by atoms with Gasteiger partial charge in [-0.3, -0.25) is 14.5 Å². The highest BCUT2D eigenvalue weighted by Crippen LogP contribution is 2.33. The van der Waals surface area contributed by atoms with Gasteiger partial charge in [0.1, 0.15) is 22.7 Å². The van der Waals surface area contributed by atoms with Crippen molar-refractivity contribution in [3.63, 3.8) is 0 Å². The highest BCUT2D eigenvalue weighted by Gasteiger charge is 2.51. The Morgan fingerprint density at radius 1 is 1.18 bits per heavy atom. The third-order valence-electron chi connectivity index (χ3n) is 6.14. The number of anilines is 1. The summed E-state index contributed by atoms with van der Waals surface area (Å²) in [4.78, 5) is 58.9. The average Bonchev–Trinajstić information content (AvgIpc) is 3.25. The number of nitrogen functional groups attached to an aromatic ring is 1. The molecule has 182 valence electrons. The van der Waals surface area contributed by atoms with Gasteiger partial charge in [0, 0.05) is 6.54 Å². The molecule has 0 atom stereocenters. The van der Waals surface area contributed by atoms with Crippen molar-refractivity contribution in [3.05, 3.63) is 17.1 Å². The Morgan fingerprint density at radius 3 is 2.62 bits per heavy atom. The summed E-state index contributed by atoms with van der Waals surface area (Å²) in [5.74, 6) is -1.14. The van der Waals surface area contributed by atoms with Gasteiger partial charge >= 0.3 is 18.0 Å². The van der Waals surface area contributed by atoms with Crippen molar-refractivity contribution in [1.29, 1.82) is 0 Å². The van der Waals surface area contributed by atoms with Gasteiger partial charge < -0.3 is 24.9 Å². The molecular weight excluding hydrogens is 446 g/mol. The Labute approximate surface area is 195 Å². The number of carbonyl (C=O) groups excluding carboxylic acids is 4. The number of esters is 2. The van der Waals surface area contributed by atoms with Crippen LogP contribution < -0.4 is 11.1 Å².